The van der Waals surface area contributed by atoms with Crippen molar-refractivity contribution in [2.75, 3.05) is 18.0 Å². The normalized spacial score (nSPS) is 16.2. The van der Waals surface area contributed by atoms with E-state index in [1.54, 1.807) is 12.1 Å². The second kappa shape index (κ2) is 4.87. The number of carboxylic acids is 1. The van der Waals surface area contributed by atoms with Crippen LogP contribution in [0.3, 0.4) is 0 Å². The molecule has 0 saturated carbocycles. The number of hydrogen-bond acceptors (Lipinski definition) is 2. The van der Waals surface area contributed by atoms with Gasteiger partial charge in [0.1, 0.15) is 0 Å². The number of aromatic carboxylic acids is 1. The van der Waals surface area contributed by atoms with E-state index in [9.17, 15) is 4.79 Å². The van der Waals surface area contributed by atoms with Crippen LogP contribution in [0, 0.1) is 0 Å². The van der Waals surface area contributed by atoms with Crippen LogP contribution in [0.25, 0.3) is 0 Å². The molecule has 1 aromatic carbocycles. The highest BCUT2D eigenvalue weighted by molar-refractivity contribution is 9.10. The molecule has 86 valence electrons. The van der Waals surface area contributed by atoms with Gasteiger partial charge in [-0.25, -0.2) is 4.79 Å². The summed E-state index contributed by atoms with van der Waals surface area (Å²) in [6.07, 6.45) is 3.65. The third-order valence-electron chi connectivity index (χ3n) is 2.85. The Morgan fingerprint density at radius 2 is 1.88 bits per heavy atom. The third kappa shape index (κ3) is 2.55. The number of hydrogen-bond donors (Lipinski definition) is 1. The molecule has 0 radical (unpaired) electrons. The van der Waals surface area contributed by atoms with E-state index < -0.39 is 5.97 Å². The van der Waals surface area contributed by atoms with Crippen molar-refractivity contribution in [1.82, 2.24) is 0 Å². The van der Waals surface area contributed by atoms with Crippen molar-refractivity contribution in [3.05, 3.63) is 28.2 Å². The number of piperidine rings is 1. The van der Waals surface area contributed by atoms with Gasteiger partial charge >= 0.3 is 5.97 Å². The quantitative estimate of drug-likeness (QED) is 0.907. The van der Waals surface area contributed by atoms with Crippen molar-refractivity contribution in [2.45, 2.75) is 19.3 Å². The number of carboxylic acid groups (broad SMARTS) is 1. The summed E-state index contributed by atoms with van der Waals surface area (Å²) in [4.78, 5) is 13.2. The average Bonchev–Trinajstić information content (AvgIpc) is 2.29. The lowest BCUT2D eigenvalue weighted by Crippen LogP contribution is -2.29. The lowest BCUT2D eigenvalue weighted by atomic mass is 10.1. The molecule has 1 N–H and O–H groups in total. The molecule has 0 aromatic heterocycles. The highest BCUT2D eigenvalue weighted by Gasteiger charge is 2.13. The zero-order chi connectivity index (χ0) is 11.5. The molecule has 0 amide bonds. The van der Waals surface area contributed by atoms with Crippen molar-refractivity contribution in [2.24, 2.45) is 0 Å². The van der Waals surface area contributed by atoms with Crippen molar-refractivity contribution >= 4 is 27.6 Å². The van der Waals surface area contributed by atoms with Gasteiger partial charge in [0.15, 0.2) is 0 Å². The molecule has 0 atom stereocenters. The maximum atomic E-state index is 10.9. The van der Waals surface area contributed by atoms with Crippen molar-refractivity contribution in [1.29, 1.82) is 0 Å². The Morgan fingerprint density at radius 1 is 1.19 bits per heavy atom. The molecule has 0 spiro atoms. The van der Waals surface area contributed by atoms with Crippen LogP contribution in [0.4, 0.5) is 5.69 Å². The van der Waals surface area contributed by atoms with Crippen molar-refractivity contribution < 1.29 is 9.90 Å². The van der Waals surface area contributed by atoms with E-state index in [2.05, 4.69) is 20.8 Å². The van der Waals surface area contributed by atoms with E-state index in [0.717, 1.165) is 23.2 Å². The Labute approximate surface area is 103 Å². The molecular formula is C12H14BrNO2. The smallest absolute Gasteiger partial charge is 0.335 e. The monoisotopic (exact) mass is 283 g/mol. The summed E-state index contributed by atoms with van der Waals surface area (Å²) < 4.78 is 0.827. The van der Waals surface area contributed by atoms with Gasteiger partial charge in [-0.1, -0.05) is 15.9 Å². The first kappa shape index (κ1) is 11.5. The molecule has 16 heavy (non-hydrogen) atoms. The number of halogens is 1. The summed E-state index contributed by atoms with van der Waals surface area (Å²) in [7, 11) is 0. The van der Waals surface area contributed by atoms with Gasteiger partial charge < -0.3 is 10.0 Å². The molecular weight excluding hydrogens is 270 g/mol. The third-order valence-corrected chi connectivity index (χ3v) is 3.31. The SMILES string of the molecule is O=C(O)c1cc(Br)cc(N2CCCCC2)c1. The first-order valence-electron chi connectivity index (χ1n) is 5.45. The molecule has 1 aliphatic heterocycles. The summed E-state index contributed by atoms with van der Waals surface area (Å²) in [6.45, 7) is 2.05. The first-order valence-corrected chi connectivity index (χ1v) is 6.25. The Kier molecular flexibility index (Phi) is 3.49. The van der Waals surface area contributed by atoms with Crippen LogP contribution in [-0.4, -0.2) is 24.2 Å². The minimum atomic E-state index is -0.875. The van der Waals surface area contributed by atoms with Crippen LogP contribution in [0.15, 0.2) is 22.7 Å². The van der Waals surface area contributed by atoms with E-state index in [4.69, 9.17) is 5.11 Å². The molecule has 0 unspecified atom stereocenters. The number of anilines is 1. The van der Waals surface area contributed by atoms with E-state index in [1.807, 2.05) is 6.07 Å². The zero-order valence-corrected chi connectivity index (χ0v) is 10.5. The lowest BCUT2D eigenvalue weighted by molar-refractivity contribution is 0.0697. The van der Waals surface area contributed by atoms with Gasteiger partial charge in [-0.3, -0.25) is 0 Å². The van der Waals surface area contributed by atoms with E-state index in [0.29, 0.717) is 5.56 Å². The van der Waals surface area contributed by atoms with Gasteiger partial charge in [0.05, 0.1) is 5.56 Å². The lowest BCUT2D eigenvalue weighted by Gasteiger charge is -2.29. The summed E-state index contributed by atoms with van der Waals surface area (Å²) in [6, 6.07) is 5.37. The highest BCUT2D eigenvalue weighted by Crippen LogP contribution is 2.25. The van der Waals surface area contributed by atoms with Gasteiger partial charge in [-0.2, -0.15) is 0 Å². The van der Waals surface area contributed by atoms with Gasteiger partial charge in [0.25, 0.3) is 0 Å². The molecule has 1 saturated heterocycles. The molecule has 1 heterocycles. The predicted molar refractivity (Wildman–Crippen MR) is 67.2 cm³/mol. The summed E-state index contributed by atoms with van der Waals surface area (Å²) >= 11 is 3.36. The number of carbonyl (C=O) groups is 1. The van der Waals surface area contributed by atoms with Crippen molar-refractivity contribution in [3.63, 3.8) is 0 Å². The predicted octanol–water partition coefficient (Wildman–Crippen LogP) is 3.14. The van der Waals surface area contributed by atoms with E-state index >= 15 is 0 Å². The largest absolute Gasteiger partial charge is 0.478 e. The molecule has 2 rings (SSSR count). The molecule has 0 aliphatic carbocycles. The highest BCUT2D eigenvalue weighted by atomic mass is 79.9. The maximum Gasteiger partial charge on any atom is 0.335 e. The molecule has 4 heteroatoms. The van der Waals surface area contributed by atoms with E-state index in [1.165, 1.54) is 19.3 Å². The van der Waals surface area contributed by atoms with Crippen LogP contribution in [0.2, 0.25) is 0 Å². The molecule has 1 aromatic rings. The number of rotatable bonds is 2. The fraction of sp³-hybridized carbons (Fsp3) is 0.417. The molecule has 1 fully saturated rings. The number of benzene rings is 1. The minimum Gasteiger partial charge on any atom is -0.478 e. The second-order valence-corrected chi connectivity index (χ2v) is 4.97. The van der Waals surface area contributed by atoms with Crippen molar-refractivity contribution in [3.8, 4) is 0 Å². The summed E-state index contributed by atoms with van der Waals surface area (Å²) in [5, 5.41) is 8.99. The second-order valence-electron chi connectivity index (χ2n) is 4.05. The topological polar surface area (TPSA) is 40.5 Å². The van der Waals surface area contributed by atoms with Crippen LogP contribution in [0.1, 0.15) is 29.6 Å². The first-order chi connectivity index (χ1) is 7.66. The van der Waals surface area contributed by atoms with Gasteiger partial charge in [-0.05, 0) is 37.5 Å². The Balaban J connectivity index is 2.28. The summed E-state index contributed by atoms with van der Waals surface area (Å²) in [5.74, 6) is -0.875. The maximum absolute atomic E-state index is 10.9. The Morgan fingerprint density at radius 3 is 2.50 bits per heavy atom. The van der Waals surface area contributed by atoms with Crippen LogP contribution < -0.4 is 4.90 Å². The fourth-order valence-corrected chi connectivity index (χ4v) is 2.51. The van der Waals surface area contributed by atoms with E-state index in [-0.39, 0.29) is 0 Å². The Hall–Kier alpha value is -1.03. The summed E-state index contributed by atoms with van der Waals surface area (Å²) in [5.41, 5.74) is 1.35. The van der Waals surface area contributed by atoms with Gasteiger partial charge in [0, 0.05) is 23.2 Å². The molecule has 0 bridgehead atoms. The standard InChI is InChI=1S/C12H14BrNO2/c13-10-6-9(12(15)16)7-11(8-10)14-4-2-1-3-5-14/h6-8H,1-5H2,(H,15,16). The average molecular weight is 284 g/mol. The van der Waals surface area contributed by atoms with Crippen LogP contribution in [-0.2, 0) is 0 Å². The molecule has 3 nitrogen and oxygen atoms in total. The van der Waals surface area contributed by atoms with Gasteiger partial charge in [0.2, 0.25) is 0 Å². The Bertz CT molecular complexity index is 400. The van der Waals surface area contributed by atoms with Crippen LogP contribution in [0.5, 0.6) is 0 Å². The van der Waals surface area contributed by atoms with Crippen LogP contribution >= 0.6 is 15.9 Å². The van der Waals surface area contributed by atoms with Gasteiger partial charge in [-0.15, -0.1) is 0 Å². The number of nitrogens with zero attached hydrogens (tertiary/aromatic N) is 1. The zero-order valence-electron chi connectivity index (χ0n) is 8.95. The minimum absolute atomic E-state index is 0.343. The molecule has 1 aliphatic rings. The fourth-order valence-electron chi connectivity index (χ4n) is 2.03.